The number of hydrogen-bond donors (Lipinski definition) is 0. The van der Waals surface area contributed by atoms with Gasteiger partial charge in [-0.15, -0.1) is 0 Å². The number of likely N-dealkylation sites (N-methyl/N-ethyl adjacent to an activating group) is 1. The number of ether oxygens (including phenoxy) is 1. The Morgan fingerprint density at radius 1 is 1.10 bits per heavy atom. The van der Waals surface area contributed by atoms with E-state index in [4.69, 9.17) is 9.72 Å². The van der Waals surface area contributed by atoms with E-state index in [0.717, 1.165) is 81.4 Å². The maximum absolute atomic E-state index is 13.0. The SMILES string of the molecule is Cc1ncc2c(n1)C1(CCN(c3cc(C(=O)N4CCN(C)CC4)ccn3)CC1)OCC2. The third kappa shape index (κ3) is 3.90. The summed E-state index contributed by atoms with van der Waals surface area (Å²) in [5, 5.41) is 0. The van der Waals surface area contributed by atoms with Crippen molar-refractivity contribution in [3.8, 4) is 0 Å². The highest BCUT2D eigenvalue weighted by molar-refractivity contribution is 5.95. The van der Waals surface area contributed by atoms with Crippen molar-refractivity contribution in [3.05, 3.63) is 47.2 Å². The van der Waals surface area contributed by atoms with E-state index in [1.165, 1.54) is 5.56 Å². The minimum Gasteiger partial charge on any atom is -0.368 e. The average Bonchev–Trinajstić information content (AvgIpc) is 2.80. The predicted molar refractivity (Wildman–Crippen MR) is 117 cm³/mol. The van der Waals surface area contributed by atoms with Crippen molar-refractivity contribution in [1.82, 2.24) is 24.8 Å². The fraction of sp³-hybridized carbons (Fsp3) is 0.565. The van der Waals surface area contributed by atoms with Gasteiger partial charge in [0.05, 0.1) is 12.3 Å². The number of amides is 1. The quantitative estimate of drug-likeness (QED) is 0.728. The van der Waals surface area contributed by atoms with Crippen LogP contribution in [0.2, 0.25) is 0 Å². The summed E-state index contributed by atoms with van der Waals surface area (Å²) >= 11 is 0. The number of hydrogen-bond acceptors (Lipinski definition) is 7. The van der Waals surface area contributed by atoms with Crippen molar-refractivity contribution in [2.75, 3.05) is 57.8 Å². The number of aryl methyl sites for hydroxylation is 1. The molecule has 2 aromatic rings. The first-order valence-electron chi connectivity index (χ1n) is 11.2. The average molecular weight is 423 g/mol. The van der Waals surface area contributed by atoms with Gasteiger partial charge in [-0.05, 0) is 50.9 Å². The van der Waals surface area contributed by atoms with E-state index in [2.05, 4.69) is 26.8 Å². The molecule has 3 aliphatic rings. The van der Waals surface area contributed by atoms with E-state index < -0.39 is 0 Å². The second kappa shape index (κ2) is 8.16. The fourth-order valence-corrected chi connectivity index (χ4v) is 4.89. The summed E-state index contributed by atoms with van der Waals surface area (Å²) in [5.74, 6) is 1.76. The fourth-order valence-electron chi connectivity index (χ4n) is 4.89. The standard InChI is InChI=1S/C23H30N6O2/c1-17-25-16-19-4-14-31-23(21(19)26-17)5-8-28(9-6-23)20-15-18(3-7-24-20)22(30)29-12-10-27(2)11-13-29/h3,7,15-16H,4-6,8-14H2,1-2H3. The van der Waals surface area contributed by atoms with Crippen molar-refractivity contribution in [2.24, 2.45) is 0 Å². The molecule has 5 rings (SSSR count). The highest BCUT2D eigenvalue weighted by atomic mass is 16.5. The Bertz CT molecular complexity index is 964. The highest BCUT2D eigenvalue weighted by Crippen LogP contribution is 2.41. The molecular weight excluding hydrogens is 392 g/mol. The zero-order valence-corrected chi connectivity index (χ0v) is 18.4. The number of nitrogens with zero attached hydrogens (tertiary/aromatic N) is 6. The molecule has 2 fully saturated rings. The summed E-state index contributed by atoms with van der Waals surface area (Å²) in [4.78, 5) is 33.1. The van der Waals surface area contributed by atoms with Crippen LogP contribution >= 0.6 is 0 Å². The molecule has 164 valence electrons. The van der Waals surface area contributed by atoms with Crippen molar-refractivity contribution in [1.29, 1.82) is 0 Å². The van der Waals surface area contributed by atoms with Gasteiger partial charge >= 0.3 is 0 Å². The van der Waals surface area contributed by atoms with Gasteiger partial charge < -0.3 is 19.4 Å². The molecule has 8 heteroatoms. The first-order valence-corrected chi connectivity index (χ1v) is 11.2. The van der Waals surface area contributed by atoms with Gasteiger partial charge in [0.25, 0.3) is 5.91 Å². The van der Waals surface area contributed by atoms with E-state index in [-0.39, 0.29) is 11.5 Å². The first kappa shape index (κ1) is 20.3. The maximum atomic E-state index is 13.0. The zero-order chi connectivity index (χ0) is 21.4. The van der Waals surface area contributed by atoms with E-state index in [1.54, 1.807) is 6.20 Å². The lowest BCUT2D eigenvalue weighted by Crippen LogP contribution is -2.48. The molecule has 5 heterocycles. The Kier molecular flexibility index (Phi) is 5.35. The third-order valence-corrected chi connectivity index (χ3v) is 6.84. The van der Waals surface area contributed by atoms with E-state index in [1.807, 2.05) is 30.2 Å². The summed E-state index contributed by atoms with van der Waals surface area (Å²) in [6, 6.07) is 3.77. The first-order chi connectivity index (χ1) is 15.0. The molecule has 0 aromatic carbocycles. The number of carbonyl (C=O) groups is 1. The summed E-state index contributed by atoms with van der Waals surface area (Å²) in [6.45, 7) is 7.68. The second-order valence-corrected chi connectivity index (χ2v) is 8.87. The van der Waals surface area contributed by atoms with Gasteiger partial charge in [-0.2, -0.15) is 0 Å². The van der Waals surface area contributed by atoms with Crippen molar-refractivity contribution in [2.45, 2.75) is 31.8 Å². The van der Waals surface area contributed by atoms with Crippen LogP contribution < -0.4 is 4.90 Å². The number of pyridine rings is 1. The molecule has 2 saturated heterocycles. The van der Waals surface area contributed by atoms with Crippen LogP contribution in [0.4, 0.5) is 5.82 Å². The largest absolute Gasteiger partial charge is 0.368 e. The van der Waals surface area contributed by atoms with Crippen molar-refractivity contribution >= 4 is 11.7 Å². The molecule has 0 saturated carbocycles. The lowest BCUT2D eigenvalue weighted by molar-refractivity contribution is -0.0803. The minimum atomic E-state index is -0.328. The number of piperazine rings is 1. The van der Waals surface area contributed by atoms with Gasteiger partial charge in [-0.3, -0.25) is 4.79 Å². The van der Waals surface area contributed by atoms with Crippen molar-refractivity contribution < 1.29 is 9.53 Å². The second-order valence-electron chi connectivity index (χ2n) is 8.87. The molecule has 0 radical (unpaired) electrons. The Labute approximate surface area is 183 Å². The minimum absolute atomic E-state index is 0.0990. The van der Waals surface area contributed by atoms with Crippen molar-refractivity contribution in [3.63, 3.8) is 0 Å². The molecule has 1 amide bonds. The number of carbonyl (C=O) groups excluding carboxylic acids is 1. The monoisotopic (exact) mass is 422 g/mol. The lowest BCUT2D eigenvalue weighted by Gasteiger charge is -2.44. The molecule has 0 unspecified atom stereocenters. The summed E-state index contributed by atoms with van der Waals surface area (Å²) in [6.07, 6.45) is 6.30. The van der Waals surface area contributed by atoms with Crippen LogP contribution in [0.1, 0.15) is 40.3 Å². The summed E-state index contributed by atoms with van der Waals surface area (Å²) in [7, 11) is 2.09. The van der Waals surface area contributed by atoms with Gasteiger partial charge in [-0.1, -0.05) is 0 Å². The number of rotatable bonds is 2. The van der Waals surface area contributed by atoms with Crippen LogP contribution in [0.3, 0.4) is 0 Å². The number of anilines is 1. The molecule has 2 aromatic heterocycles. The number of fused-ring (bicyclic) bond motifs is 2. The molecular formula is C23H30N6O2. The van der Waals surface area contributed by atoms with Crippen LogP contribution in [-0.2, 0) is 16.8 Å². The van der Waals surface area contributed by atoms with Gasteiger partial charge in [0, 0.05) is 57.2 Å². The van der Waals surface area contributed by atoms with Crippen LogP contribution in [-0.4, -0.2) is 83.6 Å². The lowest BCUT2D eigenvalue weighted by atomic mass is 9.83. The zero-order valence-electron chi connectivity index (χ0n) is 18.4. The summed E-state index contributed by atoms with van der Waals surface area (Å²) in [5.41, 5.74) is 2.67. The molecule has 8 nitrogen and oxygen atoms in total. The van der Waals surface area contributed by atoms with Crippen LogP contribution in [0.25, 0.3) is 0 Å². The summed E-state index contributed by atoms with van der Waals surface area (Å²) < 4.78 is 6.32. The highest BCUT2D eigenvalue weighted by Gasteiger charge is 2.42. The van der Waals surface area contributed by atoms with E-state index in [9.17, 15) is 4.79 Å². The van der Waals surface area contributed by atoms with Gasteiger partial charge in [0.1, 0.15) is 17.2 Å². The Hall–Kier alpha value is -2.58. The van der Waals surface area contributed by atoms with Gasteiger partial charge in [-0.25, -0.2) is 15.0 Å². The predicted octanol–water partition coefficient (Wildman–Crippen LogP) is 1.64. The Balaban J connectivity index is 1.30. The Morgan fingerprint density at radius 3 is 2.65 bits per heavy atom. The molecule has 31 heavy (non-hydrogen) atoms. The van der Waals surface area contributed by atoms with Gasteiger partial charge in [0.15, 0.2) is 0 Å². The molecule has 0 atom stereocenters. The van der Waals surface area contributed by atoms with Crippen LogP contribution in [0.15, 0.2) is 24.5 Å². The Morgan fingerprint density at radius 2 is 1.87 bits per heavy atom. The number of piperidine rings is 1. The topological polar surface area (TPSA) is 74.7 Å². The smallest absolute Gasteiger partial charge is 0.254 e. The van der Waals surface area contributed by atoms with Gasteiger partial charge in [0.2, 0.25) is 0 Å². The van der Waals surface area contributed by atoms with Crippen LogP contribution in [0.5, 0.6) is 0 Å². The molecule has 0 N–H and O–H groups in total. The third-order valence-electron chi connectivity index (χ3n) is 6.84. The normalized spacial score (nSPS) is 21.2. The molecule has 0 aliphatic carbocycles. The van der Waals surface area contributed by atoms with Crippen LogP contribution in [0, 0.1) is 6.92 Å². The van der Waals surface area contributed by atoms with E-state index in [0.29, 0.717) is 6.61 Å². The number of aromatic nitrogens is 3. The molecule has 3 aliphatic heterocycles. The maximum Gasteiger partial charge on any atom is 0.254 e. The van der Waals surface area contributed by atoms with E-state index >= 15 is 0 Å². The molecule has 0 bridgehead atoms. The molecule has 1 spiro atoms.